The lowest BCUT2D eigenvalue weighted by molar-refractivity contribution is -0.116. The maximum Gasteiger partial charge on any atom is 0.240 e. The zero-order valence-electron chi connectivity index (χ0n) is 15.2. The maximum absolute atomic E-state index is 12.5. The number of sulfonamides is 1. The fourth-order valence-corrected chi connectivity index (χ4v) is 3.84. The Bertz CT molecular complexity index is 926. The fourth-order valence-electron chi connectivity index (χ4n) is 2.79. The van der Waals surface area contributed by atoms with Crippen LogP contribution >= 0.6 is 0 Å². The summed E-state index contributed by atoms with van der Waals surface area (Å²) in [6.45, 7) is 4.56. The monoisotopic (exact) mass is 390 g/mol. The Kier molecular flexibility index (Phi) is 5.67. The van der Waals surface area contributed by atoms with Crippen molar-refractivity contribution in [3.05, 3.63) is 48.0 Å². The molecule has 1 atom stereocenters. The van der Waals surface area contributed by atoms with E-state index >= 15 is 0 Å². The van der Waals surface area contributed by atoms with Gasteiger partial charge in [-0.3, -0.25) is 4.79 Å². The van der Waals surface area contributed by atoms with Gasteiger partial charge in [0.1, 0.15) is 18.1 Å². The number of rotatable bonds is 8. The second-order valence-electron chi connectivity index (χ2n) is 6.11. The third-order valence-corrected chi connectivity index (χ3v) is 5.71. The number of benzene rings is 2. The first-order valence-corrected chi connectivity index (χ1v) is 10.2. The van der Waals surface area contributed by atoms with Gasteiger partial charge in [0.05, 0.1) is 17.4 Å². The van der Waals surface area contributed by atoms with Crippen LogP contribution in [0.3, 0.4) is 0 Å². The summed E-state index contributed by atoms with van der Waals surface area (Å²) < 4.78 is 38.3. The predicted octanol–water partition coefficient (Wildman–Crippen LogP) is 2.50. The molecule has 0 aromatic heterocycles. The second-order valence-corrected chi connectivity index (χ2v) is 7.88. The lowest BCUT2D eigenvalue weighted by Gasteiger charge is -2.10. The van der Waals surface area contributed by atoms with Crippen LogP contribution in [0.4, 0.5) is 5.69 Å². The Hall–Kier alpha value is -2.58. The zero-order valence-corrected chi connectivity index (χ0v) is 16.0. The first-order chi connectivity index (χ1) is 12.9. The fraction of sp³-hybridized carbons (Fsp3) is 0.316. The largest absolute Gasteiger partial charge is 0.494 e. The summed E-state index contributed by atoms with van der Waals surface area (Å²) >= 11 is 0. The standard InChI is InChI=1S/C19H22N2O5S/c1-3-25-14-4-6-15(7-5-14)26-11-10-20-27(23,24)16-8-9-18-17(12-16)13(2)19(22)21-18/h4-9,12-13,20H,3,10-11H2,1-2H3,(H,21,22)/t13-/m1/s1. The summed E-state index contributed by atoms with van der Waals surface area (Å²) in [5, 5.41) is 2.72. The quantitative estimate of drug-likeness (QED) is 0.676. The maximum atomic E-state index is 12.5. The van der Waals surface area contributed by atoms with E-state index in [1.165, 1.54) is 12.1 Å². The van der Waals surface area contributed by atoms with Crippen molar-refractivity contribution in [1.29, 1.82) is 0 Å². The molecule has 7 nitrogen and oxygen atoms in total. The van der Waals surface area contributed by atoms with Crippen LogP contribution in [0, 0.1) is 0 Å². The molecule has 1 amide bonds. The minimum atomic E-state index is -3.68. The van der Waals surface area contributed by atoms with E-state index in [9.17, 15) is 13.2 Å². The highest BCUT2D eigenvalue weighted by Gasteiger charge is 2.28. The topological polar surface area (TPSA) is 93.7 Å². The molecule has 0 fully saturated rings. The molecule has 8 heteroatoms. The van der Waals surface area contributed by atoms with Crippen LogP contribution in [0.5, 0.6) is 11.5 Å². The van der Waals surface area contributed by atoms with Gasteiger partial charge >= 0.3 is 0 Å². The molecular weight excluding hydrogens is 368 g/mol. The van der Waals surface area contributed by atoms with Gasteiger partial charge in [-0.15, -0.1) is 0 Å². The molecule has 27 heavy (non-hydrogen) atoms. The van der Waals surface area contributed by atoms with E-state index in [1.807, 2.05) is 6.92 Å². The molecule has 1 aliphatic rings. The Morgan fingerprint density at radius 1 is 1.07 bits per heavy atom. The van der Waals surface area contributed by atoms with Crippen LogP contribution in [-0.2, 0) is 14.8 Å². The third kappa shape index (κ3) is 4.40. The minimum Gasteiger partial charge on any atom is -0.494 e. The van der Waals surface area contributed by atoms with E-state index in [1.54, 1.807) is 37.3 Å². The number of nitrogens with one attached hydrogen (secondary N) is 2. The van der Waals surface area contributed by atoms with Crippen molar-refractivity contribution in [2.24, 2.45) is 0 Å². The van der Waals surface area contributed by atoms with Gasteiger partial charge in [0, 0.05) is 12.2 Å². The summed E-state index contributed by atoms with van der Waals surface area (Å²) in [7, 11) is -3.68. The average molecular weight is 390 g/mol. The van der Waals surface area contributed by atoms with Crippen LogP contribution in [0.15, 0.2) is 47.4 Å². The average Bonchev–Trinajstić information content (AvgIpc) is 2.94. The third-order valence-electron chi connectivity index (χ3n) is 4.25. The number of fused-ring (bicyclic) bond motifs is 1. The van der Waals surface area contributed by atoms with Gasteiger partial charge in [0.2, 0.25) is 15.9 Å². The molecule has 1 aliphatic heterocycles. The lowest BCUT2D eigenvalue weighted by Crippen LogP contribution is -2.28. The molecule has 2 N–H and O–H groups in total. The number of ether oxygens (including phenoxy) is 2. The molecule has 0 aliphatic carbocycles. The number of hydrogen-bond acceptors (Lipinski definition) is 5. The van der Waals surface area contributed by atoms with Crippen LogP contribution in [0.2, 0.25) is 0 Å². The smallest absolute Gasteiger partial charge is 0.240 e. The summed E-state index contributed by atoms with van der Waals surface area (Å²) in [5.41, 5.74) is 1.35. The number of carbonyl (C=O) groups excluding carboxylic acids is 1. The molecular formula is C19H22N2O5S. The van der Waals surface area contributed by atoms with Crippen LogP contribution < -0.4 is 19.5 Å². The SMILES string of the molecule is CCOc1ccc(OCCNS(=O)(=O)c2ccc3c(c2)[C@@H](C)C(=O)N3)cc1. The Labute approximate surface area is 158 Å². The van der Waals surface area contributed by atoms with Gasteiger partial charge in [0.15, 0.2) is 0 Å². The Morgan fingerprint density at radius 3 is 2.41 bits per heavy atom. The molecule has 144 valence electrons. The van der Waals surface area contributed by atoms with E-state index in [0.717, 1.165) is 5.75 Å². The second kappa shape index (κ2) is 7.98. The van der Waals surface area contributed by atoms with Crippen LogP contribution in [-0.4, -0.2) is 34.1 Å². The van der Waals surface area contributed by atoms with Gasteiger partial charge in [-0.05, 0) is 61.9 Å². The van der Waals surface area contributed by atoms with Crippen LogP contribution in [0.1, 0.15) is 25.3 Å². The lowest BCUT2D eigenvalue weighted by atomic mass is 10.0. The number of carbonyl (C=O) groups is 1. The highest BCUT2D eigenvalue weighted by Crippen LogP contribution is 2.33. The van der Waals surface area contributed by atoms with Crippen molar-refractivity contribution in [3.8, 4) is 11.5 Å². The summed E-state index contributed by atoms with van der Waals surface area (Å²) in [4.78, 5) is 11.8. The van der Waals surface area contributed by atoms with E-state index in [-0.39, 0.29) is 29.9 Å². The van der Waals surface area contributed by atoms with E-state index in [0.29, 0.717) is 23.6 Å². The molecule has 0 unspecified atom stereocenters. The molecule has 0 spiro atoms. The van der Waals surface area contributed by atoms with E-state index < -0.39 is 10.0 Å². The summed E-state index contributed by atoms with van der Waals surface area (Å²) in [5.74, 6) is 0.896. The predicted molar refractivity (Wildman–Crippen MR) is 102 cm³/mol. The highest BCUT2D eigenvalue weighted by molar-refractivity contribution is 7.89. The van der Waals surface area contributed by atoms with Gasteiger partial charge < -0.3 is 14.8 Å². The van der Waals surface area contributed by atoms with Crippen molar-refractivity contribution in [3.63, 3.8) is 0 Å². The number of hydrogen-bond donors (Lipinski definition) is 2. The molecule has 3 rings (SSSR count). The van der Waals surface area contributed by atoms with Crippen molar-refractivity contribution in [1.82, 2.24) is 4.72 Å². The molecule has 0 bridgehead atoms. The normalized spacial score (nSPS) is 15.9. The molecule has 1 heterocycles. The van der Waals surface area contributed by atoms with Gasteiger partial charge in [-0.25, -0.2) is 13.1 Å². The Morgan fingerprint density at radius 2 is 1.74 bits per heavy atom. The first-order valence-electron chi connectivity index (χ1n) is 8.71. The van der Waals surface area contributed by atoms with E-state index in [2.05, 4.69) is 10.0 Å². The first kappa shape index (κ1) is 19.2. The van der Waals surface area contributed by atoms with Crippen molar-refractivity contribution in [2.45, 2.75) is 24.7 Å². The van der Waals surface area contributed by atoms with Gasteiger partial charge in [0.25, 0.3) is 0 Å². The van der Waals surface area contributed by atoms with Gasteiger partial charge in [-0.2, -0.15) is 0 Å². The number of amides is 1. The minimum absolute atomic E-state index is 0.124. The van der Waals surface area contributed by atoms with Crippen molar-refractivity contribution >= 4 is 21.6 Å². The van der Waals surface area contributed by atoms with Crippen LogP contribution in [0.25, 0.3) is 0 Å². The molecule has 0 radical (unpaired) electrons. The zero-order chi connectivity index (χ0) is 19.4. The molecule has 0 saturated heterocycles. The van der Waals surface area contributed by atoms with Crippen molar-refractivity contribution < 1.29 is 22.7 Å². The Balaban J connectivity index is 1.55. The van der Waals surface area contributed by atoms with Crippen molar-refractivity contribution in [2.75, 3.05) is 25.1 Å². The molecule has 2 aromatic rings. The molecule has 0 saturated carbocycles. The van der Waals surface area contributed by atoms with Gasteiger partial charge in [-0.1, -0.05) is 0 Å². The number of anilines is 1. The highest BCUT2D eigenvalue weighted by atomic mass is 32.2. The molecule has 2 aromatic carbocycles. The summed E-state index contributed by atoms with van der Waals surface area (Å²) in [6.07, 6.45) is 0. The van der Waals surface area contributed by atoms with E-state index in [4.69, 9.17) is 9.47 Å². The summed E-state index contributed by atoms with van der Waals surface area (Å²) in [6, 6.07) is 11.8.